The average Bonchev–Trinajstić information content (AvgIpc) is 3.08. The van der Waals surface area contributed by atoms with Gasteiger partial charge in [0.05, 0.1) is 6.54 Å². The van der Waals surface area contributed by atoms with E-state index in [9.17, 15) is 4.79 Å². The minimum absolute atomic E-state index is 0.107. The summed E-state index contributed by atoms with van der Waals surface area (Å²) in [6.07, 6.45) is 0. The summed E-state index contributed by atoms with van der Waals surface area (Å²) >= 11 is 0. The monoisotopic (exact) mass is 359 g/mol. The Balaban J connectivity index is 1.53. The molecule has 0 bridgehead atoms. The first-order chi connectivity index (χ1) is 12.6. The number of carbonyl (C=O) groups excluding carboxylic acids is 1. The number of benzene rings is 1. The molecule has 0 radical (unpaired) electrons. The van der Waals surface area contributed by atoms with Crippen molar-refractivity contribution in [3.05, 3.63) is 41.5 Å². The van der Waals surface area contributed by atoms with Gasteiger partial charge in [0.1, 0.15) is 6.61 Å². The fourth-order valence-electron chi connectivity index (χ4n) is 3.20. The molecule has 0 spiro atoms. The molecule has 1 unspecified atom stereocenters. The molecular weight excluding hydrogens is 334 g/mol. The first kappa shape index (κ1) is 18.2. The average molecular weight is 359 g/mol. The van der Waals surface area contributed by atoms with Crippen LogP contribution in [0.25, 0.3) is 0 Å². The van der Waals surface area contributed by atoms with Crippen molar-refractivity contribution in [2.24, 2.45) is 0 Å². The van der Waals surface area contributed by atoms with Crippen LogP contribution in [-0.2, 0) is 17.9 Å². The minimum atomic E-state index is -0.117. The van der Waals surface area contributed by atoms with Crippen molar-refractivity contribution in [3.63, 3.8) is 0 Å². The van der Waals surface area contributed by atoms with E-state index in [1.54, 1.807) is 7.11 Å². The van der Waals surface area contributed by atoms with E-state index < -0.39 is 0 Å². The number of rotatable bonds is 5. The molecule has 2 aromatic rings. The van der Waals surface area contributed by atoms with Crippen molar-refractivity contribution >= 4 is 11.7 Å². The van der Waals surface area contributed by atoms with Gasteiger partial charge < -0.3 is 24.4 Å². The second-order valence-electron chi connectivity index (χ2n) is 6.47. The molecule has 8 heteroatoms. The Morgan fingerprint density at radius 2 is 2.19 bits per heavy atom. The second-order valence-corrected chi connectivity index (χ2v) is 6.47. The van der Waals surface area contributed by atoms with Crippen LogP contribution in [0.5, 0.6) is 0 Å². The van der Waals surface area contributed by atoms with E-state index in [0.29, 0.717) is 18.3 Å². The Morgan fingerprint density at radius 3 is 2.92 bits per heavy atom. The molecule has 2 amide bonds. The van der Waals surface area contributed by atoms with Crippen molar-refractivity contribution in [1.82, 2.24) is 20.4 Å². The topological polar surface area (TPSA) is 83.7 Å². The lowest BCUT2D eigenvalue weighted by molar-refractivity contribution is 0.169. The third-order valence-electron chi connectivity index (χ3n) is 4.52. The van der Waals surface area contributed by atoms with Crippen LogP contribution in [0, 0.1) is 6.92 Å². The third-order valence-corrected chi connectivity index (χ3v) is 4.52. The number of anilines is 1. The van der Waals surface area contributed by atoms with E-state index in [1.807, 2.05) is 17.0 Å². The van der Waals surface area contributed by atoms with Crippen molar-refractivity contribution in [1.29, 1.82) is 0 Å². The van der Waals surface area contributed by atoms with Crippen LogP contribution in [0.1, 0.15) is 24.2 Å². The number of nitrogens with zero attached hydrogens (tertiary/aromatic N) is 4. The fraction of sp³-hybridized carbons (Fsp3) is 0.500. The molecule has 0 saturated carbocycles. The predicted octanol–water partition coefficient (Wildman–Crippen LogP) is 1.94. The fourth-order valence-corrected chi connectivity index (χ4v) is 3.20. The van der Waals surface area contributed by atoms with E-state index in [0.717, 1.165) is 13.1 Å². The lowest BCUT2D eigenvalue weighted by Crippen LogP contribution is -2.56. The molecule has 26 heavy (non-hydrogen) atoms. The van der Waals surface area contributed by atoms with Crippen LogP contribution in [-0.4, -0.2) is 53.9 Å². The van der Waals surface area contributed by atoms with Crippen molar-refractivity contribution < 1.29 is 14.1 Å². The van der Waals surface area contributed by atoms with Gasteiger partial charge in [0, 0.05) is 38.5 Å². The van der Waals surface area contributed by atoms with Crippen LogP contribution in [0.2, 0.25) is 0 Å². The smallest absolute Gasteiger partial charge is 0.318 e. The van der Waals surface area contributed by atoms with Gasteiger partial charge in [-0.1, -0.05) is 23.4 Å². The predicted molar refractivity (Wildman–Crippen MR) is 96.8 cm³/mol. The molecule has 1 fully saturated rings. The molecule has 1 atom stereocenters. The standard InChI is InChI=1S/C18H25N5O3/c1-13-6-4-5-7-15(13)22-8-9-23(14(2)11-22)18(24)19-10-17-20-16(12-25-3)21-26-17/h4-7,14H,8-12H2,1-3H3,(H,19,24). The largest absolute Gasteiger partial charge is 0.377 e. The highest BCUT2D eigenvalue weighted by molar-refractivity contribution is 5.75. The number of aromatic nitrogens is 2. The number of aryl methyl sites for hydroxylation is 1. The van der Waals surface area contributed by atoms with Gasteiger partial charge in [-0.3, -0.25) is 0 Å². The molecule has 8 nitrogen and oxygen atoms in total. The summed E-state index contributed by atoms with van der Waals surface area (Å²) in [6.45, 7) is 6.95. The number of methoxy groups -OCH3 is 1. The molecule has 3 rings (SSSR count). The third kappa shape index (κ3) is 4.13. The summed E-state index contributed by atoms with van der Waals surface area (Å²) in [6, 6.07) is 8.32. The van der Waals surface area contributed by atoms with Crippen LogP contribution in [0.4, 0.5) is 10.5 Å². The van der Waals surface area contributed by atoms with Gasteiger partial charge in [0.25, 0.3) is 0 Å². The van der Waals surface area contributed by atoms with Crippen LogP contribution < -0.4 is 10.2 Å². The normalized spacial score (nSPS) is 17.4. The molecule has 140 valence electrons. The second kappa shape index (κ2) is 8.18. The highest BCUT2D eigenvalue weighted by Crippen LogP contribution is 2.22. The SMILES string of the molecule is COCc1noc(CNC(=O)N2CCN(c3ccccc3C)CC2C)n1. The van der Waals surface area contributed by atoms with Crippen molar-refractivity contribution in [2.45, 2.75) is 33.0 Å². The van der Waals surface area contributed by atoms with Gasteiger partial charge in [0.2, 0.25) is 5.89 Å². The molecular formula is C18H25N5O3. The molecule has 1 aliphatic rings. The van der Waals surface area contributed by atoms with E-state index in [4.69, 9.17) is 9.26 Å². The number of urea groups is 1. The lowest BCUT2D eigenvalue weighted by Gasteiger charge is -2.41. The summed E-state index contributed by atoms with van der Waals surface area (Å²) in [5.41, 5.74) is 2.48. The molecule has 1 aliphatic heterocycles. The zero-order chi connectivity index (χ0) is 18.5. The van der Waals surface area contributed by atoms with Crippen LogP contribution in [0.15, 0.2) is 28.8 Å². The number of ether oxygens (including phenoxy) is 1. The summed E-state index contributed by atoms with van der Waals surface area (Å²) in [4.78, 5) is 20.8. The van der Waals surface area contributed by atoms with Gasteiger partial charge in [-0.05, 0) is 25.5 Å². The Bertz CT molecular complexity index is 748. The quantitative estimate of drug-likeness (QED) is 0.878. The molecule has 1 saturated heterocycles. The lowest BCUT2D eigenvalue weighted by atomic mass is 10.1. The summed E-state index contributed by atoms with van der Waals surface area (Å²) < 4.78 is 10.0. The van der Waals surface area contributed by atoms with Gasteiger partial charge in [-0.15, -0.1) is 0 Å². The van der Waals surface area contributed by atoms with Gasteiger partial charge >= 0.3 is 6.03 Å². The maximum Gasteiger partial charge on any atom is 0.318 e. The number of piperazine rings is 1. The maximum atomic E-state index is 12.5. The van der Waals surface area contributed by atoms with E-state index in [2.05, 4.69) is 46.3 Å². The molecule has 1 N–H and O–H groups in total. The van der Waals surface area contributed by atoms with Crippen LogP contribution in [0.3, 0.4) is 0 Å². The van der Waals surface area contributed by atoms with Crippen LogP contribution >= 0.6 is 0 Å². The number of carbonyl (C=O) groups is 1. The molecule has 0 aliphatic carbocycles. The van der Waals surface area contributed by atoms with Crippen molar-refractivity contribution in [3.8, 4) is 0 Å². The minimum Gasteiger partial charge on any atom is -0.377 e. The number of hydrogen-bond acceptors (Lipinski definition) is 6. The zero-order valence-corrected chi connectivity index (χ0v) is 15.4. The number of hydrogen-bond donors (Lipinski definition) is 1. The summed E-state index contributed by atoms with van der Waals surface area (Å²) in [7, 11) is 1.57. The highest BCUT2D eigenvalue weighted by atomic mass is 16.5. The van der Waals surface area contributed by atoms with E-state index in [-0.39, 0.29) is 25.2 Å². The number of amides is 2. The Morgan fingerprint density at radius 1 is 1.38 bits per heavy atom. The van der Waals surface area contributed by atoms with Gasteiger partial charge in [-0.2, -0.15) is 4.98 Å². The number of para-hydroxylation sites is 1. The van der Waals surface area contributed by atoms with Gasteiger partial charge in [0.15, 0.2) is 5.82 Å². The van der Waals surface area contributed by atoms with E-state index in [1.165, 1.54) is 11.3 Å². The number of nitrogens with one attached hydrogen (secondary N) is 1. The molecule has 1 aromatic carbocycles. The Kier molecular flexibility index (Phi) is 5.72. The summed E-state index contributed by atoms with van der Waals surface area (Å²) in [5.74, 6) is 0.841. The zero-order valence-electron chi connectivity index (χ0n) is 15.4. The first-order valence-electron chi connectivity index (χ1n) is 8.74. The molecule has 1 aromatic heterocycles. The van der Waals surface area contributed by atoms with E-state index >= 15 is 0 Å². The Hall–Kier alpha value is -2.61. The summed E-state index contributed by atoms with van der Waals surface area (Å²) in [5, 5.41) is 6.63. The maximum absolute atomic E-state index is 12.5. The highest BCUT2D eigenvalue weighted by Gasteiger charge is 2.28. The van der Waals surface area contributed by atoms with Crippen molar-refractivity contribution in [2.75, 3.05) is 31.6 Å². The molecule has 2 heterocycles. The van der Waals surface area contributed by atoms with Gasteiger partial charge in [-0.25, -0.2) is 4.79 Å². The Labute approximate surface area is 153 Å². The first-order valence-corrected chi connectivity index (χ1v) is 8.74.